The van der Waals surface area contributed by atoms with Crippen molar-refractivity contribution in [3.05, 3.63) is 41.8 Å². The summed E-state index contributed by atoms with van der Waals surface area (Å²) < 4.78 is 31.4. The fourth-order valence-corrected chi connectivity index (χ4v) is 3.93. The van der Waals surface area contributed by atoms with Gasteiger partial charge in [-0.3, -0.25) is 4.31 Å². The lowest BCUT2D eigenvalue weighted by molar-refractivity contribution is 0.416. The highest BCUT2D eigenvalue weighted by Gasteiger charge is 2.24. The Balaban J connectivity index is 2.46. The molecule has 0 saturated heterocycles. The normalized spacial score (nSPS) is 11.2. The molecule has 0 aliphatic heterocycles. The van der Waals surface area contributed by atoms with Gasteiger partial charge in [-0.15, -0.1) is 11.3 Å². The van der Waals surface area contributed by atoms with E-state index in [1.54, 1.807) is 41.8 Å². The monoisotopic (exact) mass is 283 g/mol. The highest BCUT2D eigenvalue weighted by molar-refractivity contribution is 7.94. The first-order chi connectivity index (χ1) is 8.57. The fraction of sp³-hybridized carbons (Fsp3) is 0.167. The Hall–Kier alpha value is -1.53. The van der Waals surface area contributed by atoms with Crippen LogP contribution in [0.1, 0.15) is 0 Å². The first-order valence-corrected chi connectivity index (χ1v) is 7.55. The van der Waals surface area contributed by atoms with Gasteiger partial charge in [0.25, 0.3) is 10.0 Å². The van der Waals surface area contributed by atoms with Crippen LogP contribution in [0.3, 0.4) is 0 Å². The van der Waals surface area contributed by atoms with E-state index in [4.69, 9.17) is 4.74 Å². The lowest BCUT2D eigenvalue weighted by Crippen LogP contribution is -2.26. The molecule has 0 unspecified atom stereocenters. The SMILES string of the molecule is COc1ccccc1N(C)S(=O)(=O)c1cccs1. The standard InChI is InChI=1S/C12H13NO3S2/c1-13(10-6-3-4-7-11(10)16-2)18(14,15)12-8-5-9-17-12/h3-9H,1-2H3. The van der Waals surface area contributed by atoms with Crippen LogP contribution in [0.4, 0.5) is 5.69 Å². The first kappa shape index (κ1) is 12.9. The van der Waals surface area contributed by atoms with Gasteiger partial charge in [-0.25, -0.2) is 8.42 Å². The van der Waals surface area contributed by atoms with Gasteiger partial charge in [-0.05, 0) is 23.6 Å². The van der Waals surface area contributed by atoms with Crippen molar-refractivity contribution in [2.45, 2.75) is 4.21 Å². The molecular weight excluding hydrogens is 270 g/mol. The second kappa shape index (κ2) is 4.99. The summed E-state index contributed by atoms with van der Waals surface area (Å²) in [5.41, 5.74) is 0.522. The van der Waals surface area contributed by atoms with Gasteiger partial charge in [0.15, 0.2) is 0 Å². The van der Waals surface area contributed by atoms with E-state index in [1.807, 2.05) is 0 Å². The van der Waals surface area contributed by atoms with Crippen LogP contribution in [0.2, 0.25) is 0 Å². The molecular formula is C12H13NO3S2. The van der Waals surface area contributed by atoms with E-state index >= 15 is 0 Å². The van der Waals surface area contributed by atoms with Crippen LogP contribution in [-0.2, 0) is 10.0 Å². The summed E-state index contributed by atoms with van der Waals surface area (Å²) >= 11 is 1.20. The molecule has 0 radical (unpaired) electrons. The minimum absolute atomic E-state index is 0.316. The second-order valence-electron chi connectivity index (χ2n) is 3.58. The maximum atomic E-state index is 12.3. The van der Waals surface area contributed by atoms with Crippen molar-refractivity contribution in [2.24, 2.45) is 0 Å². The van der Waals surface area contributed by atoms with E-state index < -0.39 is 10.0 Å². The Labute approximate surface area is 110 Å². The van der Waals surface area contributed by atoms with Crippen LogP contribution in [0, 0.1) is 0 Å². The number of thiophene rings is 1. The van der Waals surface area contributed by atoms with E-state index in [-0.39, 0.29) is 0 Å². The third-order valence-corrected chi connectivity index (χ3v) is 5.68. The second-order valence-corrected chi connectivity index (χ2v) is 6.72. The molecule has 1 aromatic heterocycles. The Morgan fingerprint density at radius 2 is 1.89 bits per heavy atom. The number of anilines is 1. The number of methoxy groups -OCH3 is 1. The largest absolute Gasteiger partial charge is 0.495 e. The third-order valence-electron chi connectivity index (χ3n) is 2.53. The number of para-hydroxylation sites is 2. The maximum absolute atomic E-state index is 12.3. The average Bonchev–Trinajstić information content (AvgIpc) is 2.92. The van der Waals surface area contributed by atoms with E-state index in [2.05, 4.69) is 0 Å². The van der Waals surface area contributed by atoms with Crippen molar-refractivity contribution >= 4 is 27.0 Å². The van der Waals surface area contributed by atoms with Crippen LogP contribution < -0.4 is 9.04 Å². The molecule has 0 N–H and O–H groups in total. The van der Waals surface area contributed by atoms with Gasteiger partial charge in [0.1, 0.15) is 9.96 Å². The Bertz CT molecular complexity index is 621. The molecule has 1 heterocycles. The number of sulfonamides is 1. The molecule has 0 aliphatic carbocycles. The molecule has 2 rings (SSSR count). The van der Waals surface area contributed by atoms with E-state index in [0.29, 0.717) is 15.6 Å². The van der Waals surface area contributed by atoms with Gasteiger partial charge in [0.05, 0.1) is 12.8 Å². The molecule has 6 heteroatoms. The molecule has 4 nitrogen and oxygen atoms in total. The summed E-state index contributed by atoms with van der Waals surface area (Å²) in [6, 6.07) is 10.3. The fourth-order valence-electron chi connectivity index (χ4n) is 1.56. The predicted octanol–water partition coefficient (Wildman–Crippen LogP) is 2.58. The van der Waals surface area contributed by atoms with Gasteiger partial charge < -0.3 is 4.74 Å². The lowest BCUT2D eigenvalue weighted by Gasteiger charge is -2.20. The van der Waals surface area contributed by atoms with Crippen LogP contribution in [0.15, 0.2) is 46.0 Å². The van der Waals surface area contributed by atoms with Crippen molar-refractivity contribution in [1.29, 1.82) is 0 Å². The first-order valence-electron chi connectivity index (χ1n) is 5.23. The predicted molar refractivity (Wildman–Crippen MR) is 72.9 cm³/mol. The number of nitrogens with zero attached hydrogens (tertiary/aromatic N) is 1. The molecule has 2 aromatic rings. The summed E-state index contributed by atoms with van der Waals surface area (Å²) in [5, 5.41) is 1.74. The van der Waals surface area contributed by atoms with Crippen molar-refractivity contribution in [3.8, 4) is 5.75 Å². The highest BCUT2D eigenvalue weighted by Crippen LogP contribution is 2.31. The van der Waals surface area contributed by atoms with E-state index in [1.165, 1.54) is 29.8 Å². The quantitative estimate of drug-likeness (QED) is 0.866. The molecule has 0 spiro atoms. The smallest absolute Gasteiger partial charge is 0.273 e. The number of rotatable bonds is 4. The van der Waals surface area contributed by atoms with Gasteiger partial charge in [0.2, 0.25) is 0 Å². The van der Waals surface area contributed by atoms with Gasteiger partial charge in [-0.1, -0.05) is 18.2 Å². The average molecular weight is 283 g/mol. The Kier molecular flexibility index (Phi) is 3.58. The molecule has 96 valence electrons. The molecule has 0 bridgehead atoms. The Morgan fingerprint density at radius 1 is 1.17 bits per heavy atom. The van der Waals surface area contributed by atoms with E-state index in [9.17, 15) is 8.42 Å². The van der Waals surface area contributed by atoms with Crippen molar-refractivity contribution in [2.75, 3.05) is 18.5 Å². The van der Waals surface area contributed by atoms with Crippen molar-refractivity contribution in [3.63, 3.8) is 0 Å². The van der Waals surface area contributed by atoms with Gasteiger partial charge in [-0.2, -0.15) is 0 Å². The highest BCUT2D eigenvalue weighted by atomic mass is 32.2. The number of hydrogen-bond acceptors (Lipinski definition) is 4. The van der Waals surface area contributed by atoms with Gasteiger partial charge in [0, 0.05) is 7.05 Å². The molecule has 0 atom stereocenters. The van der Waals surface area contributed by atoms with Crippen LogP contribution in [0.5, 0.6) is 5.75 Å². The zero-order chi connectivity index (χ0) is 13.2. The number of hydrogen-bond donors (Lipinski definition) is 0. The summed E-state index contributed by atoms with van der Waals surface area (Å²) in [5.74, 6) is 0.528. The summed E-state index contributed by atoms with van der Waals surface area (Å²) in [7, 11) is -0.470. The minimum Gasteiger partial charge on any atom is -0.495 e. The summed E-state index contributed by atoms with van der Waals surface area (Å²) in [6.07, 6.45) is 0. The van der Waals surface area contributed by atoms with E-state index in [0.717, 1.165) is 0 Å². The number of benzene rings is 1. The molecule has 0 saturated carbocycles. The van der Waals surface area contributed by atoms with Crippen molar-refractivity contribution in [1.82, 2.24) is 0 Å². The molecule has 1 aromatic carbocycles. The zero-order valence-corrected chi connectivity index (χ0v) is 11.7. The molecule has 0 fully saturated rings. The Morgan fingerprint density at radius 3 is 2.50 bits per heavy atom. The minimum atomic E-state index is -3.51. The summed E-state index contributed by atoms with van der Waals surface area (Å²) in [6.45, 7) is 0. The summed E-state index contributed by atoms with van der Waals surface area (Å²) in [4.78, 5) is 0. The molecule has 0 aliphatic rings. The van der Waals surface area contributed by atoms with Crippen LogP contribution in [0.25, 0.3) is 0 Å². The molecule has 0 amide bonds. The van der Waals surface area contributed by atoms with Crippen molar-refractivity contribution < 1.29 is 13.2 Å². The topological polar surface area (TPSA) is 46.6 Å². The van der Waals surface area contributed by atoms with Crippen LogP contribution >= 0.6 is 11.3 Å². The maximum Gasteiger partial charge on any atom is 0.273 e. The zero-order valence-electron chi connectivity index (χ0n) is 10.0. The number of ether oxygens (including phenoxy) is 1. The van der Waals surface area contributed by atoms with Gasteiger partial charge >= 0.3 is 0 Å². The van der Waals surface area contributed by atoms with Crippen LogP contribution in [-0.4, -0.2) is 22.6 Å². The molecule has 18 heavy (non-hydrogen) atoms. The lowest BCUT2D eigenvalue weighted by atomic mass is 10.3. The third kappa shape index (κ3) is 2.21.